The van der Waals surface area contributed by atoms with Crippen LogP contribution in [0, 0.1) is 0 Å². The Morgan fingerprint density at radius 3 is 3.00 bits per heavy atom. The molecule has 1 atom stereocenters. The summed E-state index contributed by atoms with van der Waals surface area (Å²) in [4.78, 5) is 0. The van der Waals surface area contributed by atoms with Crippen molar-refractivity contribution in [2.24, 2.45) is 0 Å². The van der Waals surface area contributed by atoms with Crippen LogP contribution in [0.1, 0.15) is 18.5 Å². The van der Waals surface area contributed by atoms with Crippen molar-refractivity contribution >= 4 is 11.6 Å². The second-order valence-electron chi connectivity index (χ2n) is 3.12. The van der Waals surface area contributed by atoms with E-state index in [-0.39, 0.29) is 11.8 Å². The van der Waals surface area contributed by atoms with Gasteiger partial charge in [-0.15, -0.1) is 6.58 Å². The molecule has 76 valence electrons. The molecular formula is C11H14ClNO. The molecule has 0 radical (unpaired) electrons. The number of phenolic OH excluding ortho intramolecular Hbond substituents is 1. The fourth-order valence-electron chi connectivity index (χ4n) is 1.24. The van der Waals surface area contributed by atoms with E-state index >= 15 is 0 Å². The molecule has 0 amide bonds. The number of halogens is 1. The predicted octanol–water partition coefficient (Wildman–Crippen LogP) is 2.88. The van der Waals surface area contributed by atoms with E-state index < -0.39 is 0 Å². The van der Waals surface area contributed by atoms with Crippen LogP contribution in [0.5, 0.6) is 5.75 Å². The highest BCUT2D eigenvalue weighted by Gasteiger charge is 2.09. The first kappa shape index (κ1) is 11.1. The lowest BCUT2D eigenvalue weighted by molar-refractivity contribution is 0.456. The molecule has 0 bridgehead atoms. The maximum absolute atomic E-state index is 9.58. The zero-order valence-corrected chi connectivity index (χ0v) is 8.88. The molecule has 0 unspecified atom stereocenters. The molecule has 0 saturated heterocycles. The van der Waals surface area contributed by atoms with Crippen LogP contribution in [0.25, 0.3) is 0 Å². The Hall–Kier alpha value is -0.990. The molecule has 0 saturated carbocycles. The van der Waals surface area contributed by atoms with Gasteiger partial charge in [0.1, 0.15) is 5.75 Å². The molecule has 0 fully saturated rings. The van der Waals surface area contributed by atoms with E-state index in [1.54, 1.807) is 24.3 Å². The summed E-state index contributed by atoms with van der Waals surface area (Å²) in [6.07, 6.45) is 1.78. The van der Waals surface area contributed by atoms with Crippen LogP contribution in [0.2, 0.25) is 5.02 Å². The van der Waals surface area contributed by atoms with Crippen molar-refractivity contribution in [3.05, 3.63) is 41.4 Å². The summed E-state index contributed by atoms with van der Waals surface area (Å²) < 4.78 is 0. The Kier molecular flexibility index (Phi) is 3.98. The number of hydrogen-bond acceptors (Lipinski definition) is 2. The second-order valence-corrected chi connectivity index (χ2v) is 3.56. The van der Waals surface area contributed by atoms with E-state index in [1.807, 2.05) is 6.92 Å². The van der Waals surface area contributed by atoms with Gasteiger partial charge in [-0.2, -0.15) is 0 Å². The van der Waals surface area contributed by atoms with Crippen molar-refractivity contribution in [2.45, 2.75) is 13.0 Å². The molecule has 14 heavy (non-hydrogen) atoms. The molecule has 0 heterocycles. The Balaban J connectivity index is 2.82. The number of aromatic hydroxyl groups is 1. The van der Waals surface area contributed by atoms with Gasteiger partial charge in [0, 0.05) is 23.2 Å². The van der Waals surface area contributed by atoms with Crippen LogP contribution in [0.4, 0.5) is 0 Å². The van der Waals surface area contributed by atoms with E-state index in [0.717, 1.165) is 5.56 Å². The fourth-order valence-corrected chi connectivity index (χ4v) is 1.42. The monoisotopic (exact) mass is 211 g/mol. The minimum Gasteiger partial charge on any atom is -0.508 e. The highest BCUT2D eigenvalue weighted by atomic mass is 35.5. The number of hydrogen-bond donors (Lipinski definition) is 2. The Morgan fingerprint density at radius 2 is 2.36 bits per heavy atom. The summed E-state index contributed by atoms with van der Waals surface area (Å²) >= 11 is 5.84. The summed E-state index contributed by atoms with van der Waals surface area (Å²) in [7, 11) is 0. The molecule has 0 spiro atoms. The van der Waals surface area contributed by atoms with Gasteiger partial charge in [0.25, 0.3) is 0 Å². The van der Waals surface area contributed by atoms with Crippen LogP contribution in [-0.4, -0.2) is 11.7 Å². The van der Waals surface area contributed by atoms with E-state index in [2.05, 4.69) is 11.9 Å². The lowest BCUT2D eigenvalue weighted by Gasteiger charge is -2.14. The quantitative estimate of drug-likeness (QED) is 0.751. The summed E-state index contributed by atoms with van der Waals surface area (Å²) in [6, 6.07) is 5.09. The van der Waals surface area contributed by atoms with Gasteiger partial charge >= 0.3 is 0 Å². The SMILES string of the molecule is C=CCN[C@H](C)c1cc(Cl)ccc1O. The molecule has 2 nitrogen and oxygen atoms in total. The summed E-state index contributed by atoms with van der Waals surface area (Å²) in [5.74, 6) is 0.262. The van der Waals surface area contributed by atoms with Gasteiger partial charge in [-0.05, 0) is 25.1 Å². The molecule has 0 aliphatic rings. The summed E-state index contributed by atoms with van der Waals surface area (Å²) in [5, 5.41) is 13.4. The second kappa shape index (κ2) is 5.03. The molecule has 0 aromatic heterocycles. The fraction of sp³-hybridized carbons (Fsp3) is 0.273. The maximum Gasteiger partial charge on any atom is 0.120 e. The largest absolute Gasteiger partial charge is 0.508 e. The van der Waals surface area contributed by atoms with Crippen LogP contribution >= 0.6 is 11.6 Å². The van der Waals surface area contributed by atoms with Crippen molar-refractivity contribution < 1.29 is 5.11 Å². The minimum absolute atomic E-state index is 0.0618. The predicted molar refractivity (Wildman–Crippen MR) is 59.7 cm³/mol. The van der Waals surface area contributed by atoms with E-state index in [0.29, 0.717) is 11.6 Å². The van der Waals surface area contributed by atoms with Crippen molar-refractivity contribution in [3.8, 4) is 5.75 Å². The van der Waals surface area contributed by atoms with Gasteiger partial charge in [0.2, 0.25) is 0 Å². The number of benzene rings is 1. The Morgan fingerprint density at radius 1 is 1.64 bits per heavy atom. The first-order valence-electron chi connectivity index (χ1n) is 4.48. The normalized spacial score (nSPS) is 12.4. The zero-order valence-electron chi connectivity index (χ0n) is 8.13. The van der Waals surface area contributed by atoms with Crippen LogP contribution in [0.15, 0.2) is 30.9 Å². The first-order valence-corrected chi connectivity index (χ1v) is 4.85. The molecule has 2 N–H and O–H groups in total. The van der Waals surface area contributed by atoms with Gasteiger partial charge in [0.15, 0.2) is 0 Å². The van der Waals surface area contributed by atoms with Gasteiger partial charge in [-0.25, -0.2) is 0 Å². The van der Waals surface area contributed by atoms with Crippen molar-refractivity contribution in [2.75, 3.05) is 6.54 Å². The average molecular weight is 212 g/mol. The molecule has 0 aliphatic carbocycles. The van der Waals surface area contributed by atoms with Crippen LogP contribution in [0.3, 0.4) is 0 Å². The van der Waals surface area contributed by atoms with Gasteiger partial charge in [0.05, 0.1) is 0 Å². The van der Waals surface area contributed by atoms with E-state index in [4.69, 9.17) is 11.6 Å². The van der Waals surface area contributed by atoms with Gasteiger partial charge in [-0.3, -0.25) is 0 Å². The third-order valence-electron chi connectivity index (χ3n) is 2.02. The highest BCUT2D eigenvalue weighted by Crippen LogP contribution is 2.26. The summed E-state index contributed by atoms with van der Waals surface area (Å²) in [5.41, 5.74) is 0.805. The number of rotatable bonds is 4. The molecular weight excluding hydrogens is 198 g/mol. The van der Waals surface area contributed by atoms with Gasteiger partial charge < -0.3 is 10.4 Å². The number of phenols is 1. The molecule has 1 aromatic rings. The molecule has 1 rings (SSSR count). The molecule has 3 heteroatoms. The van der Waals surface area contributed by atoms with Crippen molar-refractivity contribution in [3.63, 3.8) is 0 Å². The molecule has 1 aromatic carbocycles. The smallest absolute Gasteiger partial charge is 0.120 e. The number of nitrogens with one attached hydrogen (secondary N) is 1. The lowest BCUT2D eigenvalue weighted by atomic mass is 10.1. The Labute approximate surface area is 89.2 Å². The standard InChI is InChI=1S/C11H14ClNO/c1-3-6-13-8(2)10-7-9(12)4-5-11(10)14/h3-5,7-8,13-14H,1,6H2,2H3/t8-/m1/s1. The van der Waals surface area contributed by atoms with E-state index in [1.165, 1.54) is 0 Å². The topological polar surface area (TPSA) is 32.3 Å². The van der Waals surface area contributed by atoms with Crippen molar-refractivity contribution in [1.29, 1.82) is 0 Å². The van der Waals surface area contributed by atoms with Crippen molar-refractivity contribution in [1.82, 2.24) is 5.32 Å². The minimum atomic E-state index is 0.0618. The third-order valence-corrected chi connectivity index (χ3v) is 2.26. The van der Waals surface area contributed by atoms with Crippen LogP contribution < -0.4 is 5.32 Å². The average Bonchev–Trinajstić information content (AvgIpc) is 2.18. The zero-order chi connectivity index (χ0) is 10.6. The van der Waals surface area contributed by atoms with E-state index in [9.17, 15) is 5.11 Å². The third kappa shape index (κ3) is 2.76. The first-order chi connectivity index (χ1) is 6.65. The van der Waals surface area contributed by atoms with Gasteiger partial charge in [-0.1, -0.05) is 17.7 Å². The van der Waals surface area contributed by atoms with Crippen LogP contribution in [-0.2, 0) is 0 Å². The maximum atomic E-state index is 9.58. The highest BCUT2D eigenvalue weighted by molar-refractivity contribution is 6.30. The lowest BCUT2D eigenvalue weighted by Crippen LogP contribution is -2.18. The Bertz CT molecular complexity index is 325. The summed E-state index contributed by atoms with van der Waals surface area (Å²) in [6.45, 7) is 6.28. The molecule has 0 aliphatic heterocycles.